The maximum Gasteiger partial charge on any atom is 0.238 e. The number of hydrogen-bond acceptors (Lipinski definition) is 3. The van der Waals surface area contributed by atoms with Crippen molar-refractivity contribution in [2.45, 2.75) is 56.5 Å². The third-order valence-electron chi connectivity index (χ3n) is 4.25. The maximum absolute atomic E-state index is 11.2. The van der Waals surface area contributed by atoms with Gasteiger partial charge in [0.2, 0.25) is 10.0 Å². The van der Waals surface area contributed by atoms with Gasteiger partial charge in [-0.1, -0.05) is 38.3 Å². The Kier molecular flexibility index (Phi) is 5.18. The van der Waals surface area contributed by atoms with Crippen LogP contribution >= 0.6 is 0 Å². The van der Waals surface area contributed by atoms with Gasteiger partial charge in [0.15, 0.2) is 0 Å². The molecule has 0 aromatic heterocycles. The molecular formula is C15H24N2O2S. The van der Waals surface area contributed by atoms with Gasteiger partial charge in [-0.3, -0.25) is 0 Å². The van der Waals surface area contributed by atoms with Crippen LogP contribution in [0.3, 0.4) is 0 Å². The van der Waals surface area contributed by atoms with E-state index in [1.54, 1.807) is 12.1 Å². The van der Waals surface area contributed by atoms with E-state index < -0.39 is 10.0 Å². The summed E-state index contributed by atoms with van der Waals surface area (Å²) < 4.78 is 22.4. The Morgan fingerprint density at radius 3 is 2.45 bits per heavy atom. The van der Waals surface area contributed by atoms with Crippen LogP contribution in [-0.2, 0) is 16.6 Å². The Hall–Kier alpha value is -0.910. The van der Waals surface area contributed by atoms with E-state index in [1.807, 2.05) is 12.1 Å². The van der Waals surface area contributed by atoms with Crippen molar-refractivity contribution in [3.05, 3.63) is 29.8 Å². The average Bonchev–Trinajstić information content (AvgIpc) is 2.45. The molecule has 1 saturated carbocycles. The van der Waals surface area contributed by atoms with E-state index in [2.05, 4.69) is 12.2 Å². The zero-order chi connectivity index (χ0) is 14.6. The van der Waals surface area contributed by atoms with Crippen molar-refractivity contribution in [2.24, 2.45) is 11.1 Å². The largest absolute Gasteiger partial charge is 0.310 e. The normalized spacial score (nSPS) is 23.7. The summed E-state index contributed by atoms with van der Waals surface area (Å²) in [5.41, 5.74) is 1.10. The smallest absolute Gasteiger partial charge is 0.238 e. The molecule has 3 N–H and O–H groups in total. The topological polar surface area (TPSA) is 72.2 Å². The van der Waals surface area contributed by atoms with Gasteiger partial charge < -0.3 is 5.32 Å². The van der Waals surface area contributed by atoms with E-state index in [4.69, 9.17) is 5.14 Å². The molecule has 2 atom stereocenters. The van der Waals surface area contributed by atoms with Crippen LogP contribution in [-0.4, -0.2) is 14.5 Å². The van der Waals surface area contributed by atoms with Gasteiger partial charge in [0, 0.05) is 12.6 Å². The van der Waals surface area contributed by atoms with Gasteiger partial charge in [0.05, 0.1) is 4.90 Å². The van der Waals surface area contributed by atoms with Gasteiger partial charge in [0.25, 0.3) is 0 Å². The Bertz CT molecular complexity index is 525. The third kappa shape index (κ3) is 4.04. The molecule has 1 aliphatic rings. The second-order valence-electron chi connectivity index (χ2n) is 5.63. The Balaban J connectivity index is 1.93. The summed E-state index contributed by atoms with van der Waals surface area (Å²) in [5.74, 6) is 0.771. The molecular weight excluding hydrogens is 272 g/mol. The SMILES string of the molecule is CCC1CCCCC1NCc1ccc(S(N)(=O)=O)cc1. The molecule has 0 spiro atoms. The molecule has 1 aromatic carbocycles. The Morgan fingerprint density at radius 1 is 1.20 bits per heavy atom. The first-order valence-electron chi connectivity index (χ1n) is 7.36. The molecule has 2 rings (SSSR count). The van der Waals surface area contributed by atoms with Crippen molar-refractivity contribution in [2.75, 3.05) is 0 Å². The average molecular weight is 296 g/mol. The summed E-state index contributed by atoms with van der Waals surface area (Å²) in [4.78, 5) is 0.172. The monoisotopic (exact) mass is 296 g/mol. The molecule has 4 nitrogen and oxygen atoms in total. The maximum atomic E-state index is 11.2. The number of rotatable bonds is 5. The van der Waals surface area contributed by atoms with E-state index in [0.29, 0.717) is 6.04 Å². The number of benzene rings is 1. The van der Waals surface area contributed by atoms with Crippen molar-refractivity contribution in [3.63, 3.8) is 0 Å². The van der Waals surface area contributed by atoms with Crippen LogP contribution in [0.25, 0.3) is 0 Å². The van der Waals surface area contributed by atoms with Crippen LogP contribution in [0.5, 0.6) is 0 Å². The van der Waals surface area contributed by atoms with Crippen LogP contribution in [0.15, 0.2) is 29.2 Å². The lowest BCUT2D eigenvalue weighted by atomic mass is 9.83. The van der Waals surface area contributed by atoms with Crippen LogP contribution in [0.2, 0.25) is 0 Å². The first kappa shape index (κ1) is 15.5. The molecule has 1 aliphatic carbocycles. The summed E-state index contributed by atoms with van der Waals surface area (Å²) in [6.07, 6.45) is 6.44. The van der Waals surface area contributed by atoms with Crippen molar-refractivity contribution in [1.82, 2.24) is 5.32 Å². The molecule has 0 heterocycles. The van der Waals surface area contributed by atoms with Crippen molar-refractivity contribution < 1.29 is 8.42 Å². The molecule has 0 bridgehead atoms. The highest BCUT2D eigenvalue weighted by atomic mass is 32.2. The van der Waals surface area contributed by atoms with Crippen molar-refractivity contribution >= 4 is 10.0 Å². The minimum Gasteiger partial charge on any atom is -0.310 e. The van der Waals surface area contributed by atoms with Crippen LogP contribution < -0.4 is 10.5 Å². The van der Waals surface area contributed by atoms with Crippen LogP contribution in [0.1, 0.15) is 44.6 Å². The summed E-state index contributed by atoms with van der Waals surface area (Å²) in [7, 11) is -3.59. The fourth-order valence-electron chi connectivity index (χ4n) is 3.01. The number of nitrogens with two attached hydrogens (primary N) is 1. The van der Waals surface area contributed by atoms with Crippen LogP contribution in [0, 0.1) is 5.92 Å². The van der Waals surface area contributed by atoms with E-state index in [1.165, 1.54) is 32.1 Å². The van der Waals surface area contributed by atoms with Gasteiger partial charge in [0.1, 0.15) is 0 Å². The second kappa shape index (κ2) is 6.70. The highest BCUT2D eigenvalue weighted by Crippen LogP contribution is 2.27. The van der Waals surface area contributed by atoms with Gasteiger partial charge in [-0.05, 0) is 36.5 Å². The summed E-state index contributed by atoms with van der Waals surface area (Å²) in [6.45, 7) is 3.04. The quantitative estimate of drug-likeness (QED) is 0.876. The van der Waals surface area contributed by atoms with Crippen LogP contribution in [0.4, 0.5) is 0 Å². The van der Waals surface area contributed by atoms with E-state index in [-0.39, 0.29) is 4.90 Å². The summed E-state index contributed by atoms with van der Waals surface area (Å²) in [6, 6.07) is 7.40. The lowest BCUT2D eigenvalue weighted by molar-refractivity contribution is 0.254. The molecule has 0 aliphatic heterocycles. The molecule has 112 valence electrons. The van der Waals surface area contributed by atoms with E-state index in [9.17, 15) is 8.42 Å². The minimum absolute atomic E-state index is 0.172. The minimum atomic E-state index is -3.59. The number of sulfonamides is 1. The van der Waals surface area contributed by atoms with Gasteiger partial charge in [-0.2, -0.15) is 0 Å². The highest BCUT2D eigenvalue weighted by molar-refractivity contribution is 7.89. The molecule has 1 aromatic rings. The van der Waals surface area contributed by atoms with Crippen molar-refractivity contribution in [3.8, 4) is 0 Å². The van der Waals surface area contributed by atoms with Crippen molar-refractivity contribution in [1.29, 1.82) is 0 Å². The van der Waals surface area contributed by atoms with E-state index >= 15 is 0 Å². The fourth-order valence-corrected chi connectivity index (χ4v) is 3.53. The Morgan fingerprint density at radius 2 is 1.85 bits per heavy atom. The summed E-state index contributed by atoms with van der Waals surface area (Å²) in [5, 5.41) is 8.71. The van der Waals surface area contributed by atoms with E-state index in [0.717, 1.165) is 18.0 Å². The number of nitrogens with one attached hydrogen (secondary N) is 1. The van der Waals surface area contributed by atoms with Gasteiger partial charge in [-0.25, -0.2) is 13.6 Å². The predicted octanol–water partition coefficient (Wildman–Crippen LogP) is 2.39. The Labute approximate surface area is 121 Å². The fraction of sp³-hybridized carbons (Fsp3) is 0.600. The molecule has 20 heavy (non-hydrogen) atoms. The lowest BCUT2D eigenvalue weighted by Gasteiger charge is -2.31. The second-order valence-corrected chi connectivity index (χ2v) is 7.19. The summed E-state index contributed by atoms with van der Waals surface area (Å²) >= 11 is 0. The third-order valence-corrected chi connectivity index (χ3v) is 5.18. The number of primary sulfonamides is 1. The molecule has 0 amide bonds. The zero-order valence-corrected chi connectivity index (χ0v) is 12.8. The molecule has 0 saturated heterocycles. The molecule has 2 unspecified atom stereocenters. The lowest BCUT2D eigenvalue weighted by Crippen LogP contribution is -2.37. The number of hydrogen-bond donors (Lipinski definition) is 2. The highest BCUT2D eigenvalue weighted by Gasteiger charge is 2.22. The first-order chi connectivity index (χ1) is 9.50. The van der Waals surface area contributed by atoms with Gasteiger partial charge in [-0.15, -0.1) is 0 Å². The standard InChI is InChI=1S/C15H24N2O2S/c1-2-13-5-3-4-6-15(13)17-11-12-7-9-14(10-8-12)20(16,18)19/h7-10,13,15,17H,2-6,11H2,1H3,(H2,16,18,19). The molecule has 5 heteroatoms. The predicted molar refractivity (Wildman–Crippen MR) is 80.7 cm³/mol. The first-order valence-corrected chi connectivity index (χ1v) is 8.90. The van der Waals surface area contributed by atoms with Gasteiger partial charge >= 0.3 is 0 Å². The molecule has 0 radical (unpaired) electrons. The zero-order valence-electron chi connectivity index (χ0n) is 12.0. The molecule has 1 fully saturated rings.